The Morgan fingerprint density at radius 2 is 1.88 bits per heavy atom. The van der Waals surface area contributed by atoms with E-state index in [2.05, 4.69) is 39.0 Å². The molecular weight excluding hydrogens is 196 g/mol. The van der Waals surface area contributed by atoms with Crippen LogP contribution >= 0.6 is 0 Å². The van der Waals surface area contributed by atoms with Crippen molar-refractivity contribution in [3.05, 3.63) is 34.9 Å². The summed E-state index contributed by atoms with van der Waals surface area (Å²) in [6.07, 6.45) is 1.77. The highest BCUT2D eigenvalue weighted by Crippen LogP contribution is 2.21. The minimum Gasteiger partial charge on any atom is -0.390 e. The summed E-state index contributed by atoms with van der Waals surface area (Å²) in [5.41, 5.74) is 3.52. The molecule has 90 valence electrons. The normalized spacial score (nSPS) is 12.2. The third-order valence-electron chi connectivity index (χ3n) is 3.04. The maximum atomic E-state index is 9.71. The van der Waals surface area contributed by atoms with Gasteiger partial charge in [0.05, 0.1) is 5.60 Å². The molecule has 0 atom stereocenters. The molecule has 1 aromatic carbocycles. The second kappa shape index (κ2) is 5.01. The Bertz CT molecular complexity index is 345. The van der Waals surface area contributed by atoms with Crippen molar-refractivity contribution < 1.29 is 5.11 Å². The fourth-order valence-electron chi connectivity index (χ4n) is 1.80. The molecule has 0 radical (unpaired) electrons. The number of aliphatic hydroxyl groups is 1. The molecule has 0 amide bonds. The minimum atomic E-state index is -0.566. The van der Waals surface area contributed by atoms with Gasteiger partial charge in [-0.3, -0.25) is 0 Å². The van der Waals surface area contributed by atoms with E-state index in [1.165, 1.54) is 16.7 Å². The predicted octanol–water partition coefficient (Wildman–Crippen LogP) is 3.82. The number of hydrogen-bond acceptors (Lipinski definition) is 1. The zero-order valence-corrected chi connectivity index (χ0v) is 11.2. The van der Waals surface area contributed by atoms with Crippen molar-refractivity contribution in [1.82, 2.24) is 0 Å². The summed E-state index contributed by atoms with van der Waals surface area (Å²) in [6, 6.07) is 6.68. The second-order valence-corrected chi connectivity index (χ2v) is 5.65. The first-order valence-corrected chi connectivity index (χ1v) is 6.11. The van der Waals surface area contributed by atoms with Crippen molar-refractivity contribution in [1.29, 1.82) is 0 Å². The standard InChI is InChI=1S/C15H24O/c1-11(2)14-7-6-13(12(3)10-14)8-9-15(4,5)16/h6-7,10-11,16H,8-9H2,1-5H3. The third kappa shape index (κ3) is 3.97. The summed E-state index contributed by atoms with van der Waals surface area (Å²) in [4.78, 5) is 0. The van der Waals surface area contributed by atoms with Crippen LogP contribution in [0.3, 0.4) is 0 Å². The molecule has 0 saturated carbocycles. The molecule has 0 fully saturated rings. The van der Waals surface area contributed by atoms with Crippen molar-refractivity contribution in [3.8, 4) is 0 Å². The van der Waals surface area contributed by atoms with E-state index in [-0.39, 0.29) is 0 Å². The van der Waals surface area contributed by atoms with Crippen molar-refractivity contribution in [2.24, 2.45) is 0 Å². The quantitative estimate of drug-likeness (QED) is 0.817. The van der Waals surface area contributed by atoms with E-state index in [1.54, 1.807) is 0 Å². The first-order valence-electron chi connectivity index (χ1n) is 6.11. The smallest absolute Gasteiger partial charge is 0.0594 e. The van der Waals surface area contributed by atoms with Crippen molar-refractivity contribution in [2.75, 3.05) is 0 Å². The van der Waals surface area contributed by atoms with Crippen LogP contribution in [0.4, 0.5) is 0 Å². The molecule has 0 aromatic heterocycles. The summed E-state index contributed by atoms with van der Waals surface area (Å²) in [5.74, 6) is 0.585. The fourth-order valence-corrected chi connectivity index (χ4v) is 1.80. The van der Waals surface area contributed by atoms with E-state index >= 15 is 0 Å². The van der Waals surface area contributed by atoms with Gasteiger partial charge >= 0.3 is 0 Å². The zero-order chi connectivity index (χ0) is 12.3. The van der Waals surface area contributed by atoms with Crippen molar-refractivity contribution in [2.45, 2.75) is 59.0 Å². The lowest BCUT2D eigenvalue weighted by molar-refractivity contribution is 0.0713. The van der Waals surface area contributed by atoms with Crippen LogP contribution in [0.2, 0.25) is 0 Å². The molecule has 1 heteroatoms. The summed E-state index contributed by atoms with van der Waals surface area (Å²) < 4.78 is 0. The first kappa shape index (κ1) is 13.2. The molecule has 0 saturated heterocycles. The van der Waals surface area contributed by atoms with Gasteiger partial charge in [-0.15, -0.1) is 0 Å². The average Bonchev–Trinajstić information content (AvgIpc) is 2.14. The predicted molar refractivity (Wildman–Crippen MR) is 69.9 cm³/mol. The van der Waals surface area contributed by atoms with Gasteiger partial charge in [-0.2, -0.15) is 0 Å². The maximum Gasteiger partial charge on any atom is 0.0594 e. The van der Waals surface area contributed by atoms with E-state index in [0.29, 0.717) is 5.92 Å². The second-order valence-electron chi connectivity index (χ2n) is 5.65. The third-order valence-corrected chi connectivity index (χ3v) is 3.04. The Labute approximate surface area is 99.5 Å². The monoisotopic (exact) mass is 220 g/mol. The summed E-state index contributed by atoms with van der Waals surface area (Å²) >= 11 is 0. The van der Waals surface area contributed by atoms with Crippen LogP contribution in [-0.2, 0) is 6.42 Å². The SMILES string of the molecule is Cc1cc(C(C)C)ccc1CCC(C)(C)O. The Hall–Kier alpha value is -0.820. The van der Waals surface area contributed by atoms with Gasteiger partial charge in [0.25, 0.3) is 0 Å². The van der Waals surface area contributed by atoms with Crippen LogP contribution in [0.15, 0.2) is 18.2 Å². The molecule has 0 unspecified atom stereocenters. The molecule has 0 spiro atoms. The minimum absolute atomic E-state index is 0.566. The van der Waals surface area contributed by atoms with Gasteiger partial charge in [0, 0.05) is 0 Å². The van der Waals surface area contributed by atoms with Crippen molar-refractivity contribution in [3.63, 3.8) is 0 Å². The van der Waals surface area contributed by atoms with Crippen LogP contribution < -0.4 is 0 Å². The lowest BCUT2D eigenvalue weighted by atomic mass is 9.93. The van der Waals surface area contributed by atoms with E-state index in [4.69, 9.17) is 0 Å². The zero-order valence-electron chi connectivity index (χ0n) is 11.2. The molecule has 1 aromatic rings. The van der Waals surface area contributed by atoms with Gasteiger partial charge in [-0.05, 0) is 56.2 Å². The van der Waals surface area contributed by atoms with Gasteiger partial charge in [0.1, 0.15) is 0 Å². The summed E-state index contributed by atoms with van der Waals surface area (Å²) in [6.45, 7) is 10.3. The molecule has 16 heavy (non-hydrogen) atoms. The number of hydrogen-bond donors (Lipinski definition) is 1. The average molecular weight is 220 g/mol. The highest BCUT2D eigenvalue weighted by atomic mass is 16.3. The van der Waals surface area contributed by atoms with Gasteiger partial charge < -0.3 is 5.11 Å². The summed E-state index contributed by atoms with van der Waals surface area (Å²) in [5, 5.41) is 9.71. The Balaban J connectivity index is 2.76. The van der Waals surface area contributed by atoms with E-state index < -0.39 is 5.60 Å². The van der Waals surface area contributed by atoms with Crippen LogP contribution in [-0.4, -0.2) is 10.7 Å². The van der Waals surface area contributed by atoms with Crippen LogP contribution in [0.5, 0.6) is 0 Å². The number of rotatable bonds is 4. The molecule has 1 nitrogen and oxygen atoms in total. The molecule has 1 N–H and O–H groups in total. The topological polar surface area (TPSA) is 20.2 Å². The molecule has 0 aliphatic heterocycles. The van der Waals surface area contributed by atoms with Crippen LogP contribution in [0.25, 0.3) is 0 Å². The molecule has 0 bridgehead atoms. The highest BCUT2D eigenvalue weighted by Gasteiger charge is 2.13. The highest BCUT2D eigenvalue weighted by molar-refractivity contribution is 5.32. The maximum absolute atomic E-state index is 9.71. The molecule has 0 aliphatic carbocycles. The van der Waals surface area contributed by atoms with Crippen LogP contribution in [0.1, 0.15) is 56.7 Å². The van der Waals surface area contributed by atoms with Gasteiger partial charge in [-0.1, -0.05) is 32.0 Å². The van der Waals surface area contributed by atoms with E-state index in [9.17, 15) is 5.11 Å². The molecule has 0 heterocycles. The summed E-state index contributed by atoms with van der Waals surface area (Å²) in [7, 11) is 0. The fraction of sp³-hybridized carbons (Fsp3) is 0.600. The van der Waals surface area contributed by atoms with E-state index in [1.807, 2.05) is 13.8 Å². The van der Waals surface area contributed by atoms with E-state index in [0.717, 1.165) is 12.8 Å². The number of aryl methyl sites for hydroxylation is 2. The Morgan fingerprint density at radius 1 is 1.25 bits per heavy atom. The van der Waals surface area contributed by atoms with Crippen LogP contribution in [0, 0.1) is 6.92 Å². The largest absolute Gasteiger partial charge is 0.390 e. The molecular formula is C15H24O. The lowest BCUT2D eigenvalue weighted by Crippen LogP contribution is -2.19. The molecule has 0 aliphatic rings. The van der Waals surface area contributed by atoms with Gasteiger partial charge in [0.2, 0.25) is 0 Å². The Morgan fingerprint density at radius 3 is 2.31 bits per heavy atom. The van der Waals surface area contributed by atoms with Gasteiger partial charge in [-0.25, -0.2) is 0 Å². The van der Waals surface area contributed by atoms with Crippen molar-refractivity contribution >= 4 is 0 Å². The van der Waals surface area contributed by atoms with Gasteiger partial charge in [0.15, 0.2) is 0 Å². The first-order chi connectivity index (χ1) is 7.29. The Kier molecular flexibility index (Phi) is 4.15. The lowest BCUT2D eigenvalue weighted by Gasteiger charge is -2.18. The number of benzene rings is 1. The molecule has 1 rings (SSSR count).